The molecule has 0 aliphatic rings. The Kier molecular flexibility index (Phi) is 5.14. The topological polar surface area (TPSA) is 64.7 Å². The Morgan fingerprint density at radius 2 is 1.57 bits per heavy atom. The third-order valence-corrected chi connectivity index (χ3v) is 4.91. The van der Waals surface area contributed by atoms with E-state index < -0.39 is 0 Å². The van der Waals surface area contributed by atoms with Crippen molar-refractivity contribution >= 4 is 5.91 Å². The number of hydrogen-bond donors (Lipinski definition) is 1. The fraction of sp³-hybridized carbons (Fsp3) is 0.136. The van der Waals surface area contributed by atoms with Crippen LogP contribution in [0.4, 0.5) is 8.78 Å². The fourth-order valence-corrected chi connectivity index (χ4v) is 3.31. The lowest BCUT2D eigenvalue weighted by molar-refractivity contribution is 0.0933. The number of carbonyl (C=O) groups is 1. The molecule has 0 bridgehead atoms. The SMILES string of the molecule is Cc1c(C(C)NC(=O)c2cncn2-c2ccc(F)cc2)cnn1-c1ccc(F)cc1. The molecule has 1 amide bonds. The number of carbonyl (C=O) groups excluding carboxylic acids is 1. The maximum absolute atomic E-state index is 13.2. The molecule has 4 aromatic rings. The Morgan fingerprint density at radius 1 is 0.967 bits per heavy atom. The number of nitrogens with zero attached hydrogens (tertiary/aromatic N) is 4. The molecule has 0 fully saturated rings. The zero-order valence-corrected chi connectivity index (χ0v) is 16.4. The molecular weight excluding hydrogens is 388 g/mol. The molecule has 8 heteroatoms. The molecule has 2 heterocycles. The van der Waals surface area contributed by atoms with E-state index in [-0.39, 0.29) is 23.6 Å². The van der Waals surface area contributed by atoms with Crippen LogP contribution in [0, 0.1) is 18.6 Å². The van der Waals surface area contributed by atoms with Crippen molar-refractivity contribution in [2.45, 2.75) is 19.9 Å². The summed E-state index contributed by atoms with van der Waals surface area (Å²) in [6.07, 6.45) is 4.64. The molecule has 1 unspecified atom stereocenters. The molecule has 4 rings (SSSR count). The van der Waals surface area contributed by atoms with E-state index in [1.807, 2.05) is 13.8 Å². The quantitative estimate of drug-likeness (QED) is 0.541. The van der Waals surface area contributed by atoms with Crippen LogP contribution in [0.2, 0.25) is 0 Å². The van der Waals surface area contributed by atoms with Gasteiger partial charge in [-0.2, -0.15) is 5.10 Å². The lowest BCUT2D eigenvalue weighted by atomic mass is 10.1. The molecule has 0 aliphatic heterocycles. The van der Waals surface area contributed by atoms with E-state index in [1.165, 1.54) is 36.8 Å². The second-order valence-electron chi connectivity index (χ2n) is 6.89. The molecule has 1 atom stereocenters. The van der Waals surface area contributed by atoms with Crippen molar-refractivity contribution in [3.05, 3.63) is 95.8 Å². The second-order valence-corrected chi connectivity index (χ2v) is 6.89. The van der Waals surface area contributed by atoms with Crippen LogP contribution in [0.15, 0.2) is 67.3 Å². The molecule has 0 aliphatic carbocycles. The molecule has 0 spiro atoms. The minimum Gasteiger partial charge on any atom is -0.344 e. The van der Waals surface area contributed by atoms with Crippen molar-refractivity contribution in [3.63, 3.8) is 0 Å². The third kappa shape index (κ3) is 3.71. The molecule has 30 heavy (non-hydrogen) atoms. The first-order chi connectivity index (χ1) is 14.4. The normalized spacial score (nSPS) is 12.0. The van der Waals surface area contributed by atoms with Gasteiger partial charge < -0.3 is 5.32 Å². The summed E-state index contributed by atoms with van der Waals surface area (Å²) in [4.78, 5) is 16.9. The maximum atomic E-state index is 13.2. The zero-order valence-electron chi connectivity index (χ0n) is 16.4. The monoisotopic (exact) mass is 407 g/mol. The second kappa shape index (κ2) is 7.90. The van der Waals surface area contributed by atoms with Gasteiger partial charge >= 0.3 is 0 Å². The minimum atomic E-state index is -0.355. The average molecular weight is 407 g/mol. The van der Waals surface area contributed by atoms with E-state index in [2.05, 4.69) is 15.4 Å². The van der Waals surface area contributed by atoms with E-state index in [0.717, 1.165) is 16.9 Å². The average Bonchev–Trinajstić information content (AvgIpc) is 3.36. The number of hydrogen-bond acceptors (Lipinski definition) is 3. The number of amides is 1. The van der Waals surface area contributed by atoms with E-state index in [0.29, 0.717) is 11.4 Å². The predicted molar refractivity (Wildman–Crippen MR) is 108 cm³/mol. The third-order valence-electron chi connectivity index (χ3n) is 4.91. The first-order valence-electron chi connectivity index (χ1n) is 9.33. The minimum absolute atomic E-state index is 0.317. The van der Waals surface area contributed by atoms with Gasteiger partial charge in [0, 0.05) is 16.9 Å². The summed E-state index contributed by atoms with van der Waals surface area (Å²) >= 11 is 0. The van der Waals surface area contributed by atoms with E-state index >= 15 is 0 Å². The first-order valence-corrected chi connectivity index (χ1v) is 9.33. The Morgan fingerprint density at radius 3 is 2.20 bits per heavy atom. The van der Waals surface area contributed by atoms with Gasteiger partial charge in [-0.1, -0.05) is 0 Å². The van der Waals surface area contributed by atoms with Crippen molar-refractivity contribution in [2.75, 3.05) is 0 Å². The van der Waals surface area contributed by atoms with Crippen molar-refractivity contribution in [3.8, 4) is 11.4 Å². The molecule has 6 nitrogen and oxygen atoms in total. The highest BCUT2D eigenvalue weighted by Gasteiger charge is 2.19. The first kappa shape index (κ1) is 19.5. The van der Waals surface area contributed by atoms with Crippen molar-refractivity contribution in [1.82, 2.24) is 24.6 Å². The Balaban J connectivity index is 1.55. The van der Waals surface area contributed by atoms with Gasteiger partial charge in [-0.3, -0.25) is 9.36 Å². The highest BCUT2D eigenvalue weighted by molar-refractivity contribution is 5.93. The van der Waals surface area contributed by atoms with Gasteiger partial charge in [-0.05, 0) is 62.4 Å². The number of benzene rings is 2. The van der Waals surface area contributed by atoms with Crippen molar-refractivity contribution < 1.29 is 13.6 Å². The summed E-state index contributed by atoms with van der Waals surface area (Å²) in [5.41, 5.74) is 3.36. The van der Waals surface area contributed by atoms with E-state index in [4.69, 9.17) is 0 Å². The van der Waals surface area contributed by atoms with Crippen LogP contribution in [-0.2, 0) is 0 Å². The Bertz CT molecular complexity index is 1180. The summed E-state index contributed by atoms with van der Waals surface area (Å²) in [6, 6.07) is 11.5. The van der Waals surface area contributed by atoms with Gasteiger partial charge in [0.25, 0.3) is 5.91 Å². The smallest absolute Gasteiger partial charge is 0.270 e. The predicted octanol–water partition coefficient (Wildman–Crippen LogP) is 4.14. The highest BCUT2D eigenvalue weighted by Crippen LogP contribution is 2.21. The molecule has 2 aromatic carbocycles. The van der Waals surface area contributed by atoms with Crippen LogP contribution in [0.25, 0.3) is 11.4 Å². The van der Waals surface area contributed by atoms with Crippen molar-refractivity contribution in [1.29, 1.82) is 0 Å². The van der Waals surface area contributed by atoms with Crippen LogP contribution in [-0.4, -0.2) is 25.2 Å². The largest absolute Gasteiger partial charge is 0.344 e. The van der Waals surface area contributed by atoms with E-state index in [1.54, 1.807) is 39.7 Å². The van der Waals surface area contributed by atoms with Crippen LogP contribution >= 0.6 is 0 Å². The lowest BCUT2D eigenvalue weighted by Crippen LogP contribution is -2.28. The number of aromatic nitrogens is 4. The number of rotatable bonds is 5. The molecule has 0 saturated carbocycles. The highest BCUT2D eigenvalue weighted by atomic mass is 19.1. The number of nitrogens with one attached hydrogen (secondary N) is 1. The van der Waals surface area contributed by atoms with Crippen LogP contribution in [0.1, 0.15) is 34.7 Å². The molecule has 2 aromatic heterocycles. The zero-order chi connectivity index (χ0) is 21.3. The molecule has 0 radical (unpaired) electrons. The standard InChI is InChI=1S/C22H19F2N5O/c1-14(20-11-26-29(15(20)2)19-9-5-17(24)6-10-19)27-22(30)21-12-25-13-28(21)18-7-3-16(23)4-8-18/h3-14H,1-2H3,(H,27,30). The van der Waals surface area contributed by atoms with E-state index in [9.17, 15) is 13.6 Å². The van der Waals surface area contributed by atoms with Crippen molar-refractivity contribution in [2.24, 2.45) is 0 Å². The maximum Gasteiger partial charge on any atom is 0.270 e. The summed E-state index contributed by atoms with van der Waals surface area (Å²) < 4.78 is 29.7. The van der Waals surface area contributed by atoms with Gasteiger partial charge in [0.15, 0.2) is 0 Å². The Hall–Kier alpha value is -3.81. The summed E-state index contributed by atoms with van der Waals surface area (Å²) in [7, 11) is 0. The molecule has 0 saturated heterocycles. The molecule has 1 N–H and O–H groups in total. The summed E-state index contributed by atoms with van der Waals surface area (Å²) in [5.74, 6) is -0.993. The Labute approximate surface area is 171 Å². The molecule has 152 valence electrons. The van der Waals surface area contributed by atoms with Crippen LogP contribution in [0.3, 0.4) is 0 Å². The van der Waals surface area contributed by atoms with Crippen LogP contribution < -0.4 is 5.32 Å². The fourth-order valence-electron chi connectivity index (χ4n) is 3.31. The number of halogens is 2. The van der Waals surface area contributed by atoms with Gasteiger partial charge in [-0.25, -0.2) is 18.4 Å². The molecular formula is C22H19F2N5O. The van der Waals surface area contributed by atoms with Crippen LogP contribution in [0.5, 0.6) is 0 Å². The summed E-state index contributed by atoms with van der Waals surface area (Å²) in [6.45, 7) is 3.74. The van der Waals surface area contributed by atoms with Gasteiger partial charge in [0.1, 0.15) is 17.3 Å². The van der Waals surface area contributed by atoms with Gasteiger partial charge in [0.2, 0.25) is 0 Å². The lowest BCUT2D eigenvalue weighted by Gasteiger charge is -2.15. The summed E-state index contributed by atoms with van der Waals surface area (Å²) in [5, 5.41) is 7.32. The van der Waals surface area contributed by atoms with Gasteiger partial charge in [0.05, 0.1) is 30.5 Å². The van der Waals surface area contributed by atoms with Gasteiger partial charge in [-0.15, -0.1) is 0 Å². The number of imidazole rings is 1.